The summed E-state index contributed by atoms with van der Waals surface area (Å²) in [7, 11) is 0. The highest BCUT2D eigenvalue weighted by Crippen LogP contribution is 2.13. The summed E-state index contributed by atoms with van der Waals surface area (Å²) < 4.78 is 0. The number of amides is 3. The summed E-state index contributed by atoms with van der Waals surface area (Å²) in [6.45, 7) is 7.33. The first-order valence-electron chi connectivity index (χ1n) is 13.1. The summed E-state index contributed by atoms with van der Waals surface area (Å²) in [5.41, 5.74) is 7.40. The lowest BCUT2D eigenvalue weighted by Crippen LogP contribution is -2.58. The van der Waals surface area contributed by atoms with Crippen molar-refractivity contribution >= 4 is 23.7 Å². The van der Waals surface area contributed by atoms with Crippen molar-refractivity contribution in [2.24, 2.45) is 17.6 Å². The number of carboxylic acids is 1. The SMILES string of the molecule is CC(C)CC(NC(=O)C(Cc1ccc(O)cc1)NC(=O)C(N)C(C)C)C(=O)NC(Cc1ccccc1)C(=O)O. The molecule has 0 aliphatic rings. The molecule has 0 heterocycles. The van der Waals surface area contributed by atoms with Gasteiger partial charge in [0.25, 0.3) is 0 Å². The van der Waals surface area contributed by atoms with Crippen LogP contribution in [0.15, 0.2) is 54.6 Å². The molecule has 4 atom stereocenters. The number of carbonyl (C=O) groups excluding carboxylic acids is 3. The van der Waals surface area contributed by atoms with E-state index in [1.807, 2.05) is 19.9 Å². The number of carbonyl (C=O) groups is 4. The number of nitrogens with one attached hydrogen (secondary N) is 3. The lowest BCUT2D eigenvalue weighted by molar-refractivity contribution is -0.142. The van der Waals surface area contributed by atoms with Crippen molar-refractivity contribution in [3.8, 4) is 5.75 Å². The van der Waals surface area contributed by atoms with Gasteiger partial charge < -0.3 is 31.9 Å². The number of aromatic hydroxyl groups is 1. The van der Waals surface area contributed by atoms with Gasteiger partial charge in [0.1, 0.15) is 23.9 Å². The zero-order valence-electron chi connectivity index (χ0n) is 22.9. The first-order chi connectivity index (χ1) is 18.4. The number of phenolic OH excluding ortho intramolecular Hbond substituents is 1. The van der Waals surface area contributed by atoms with Crippen LogP contribution >= 0.6 is 0 Å². The predicted molar refractivity (Wildman–Crippen MR) is 148 cm³/mol. The molecular weight excluding hydrogens is 500 g/mol. The van der Waals surface area contributed by atoms with Crippen LogP contribution in [0.4, 0.5) is 0 Å². The highest BCUT2D eigenvalue weighted by molar-refractivity contribution is 5.94. The first kappa shape index (κ1) is 31.3. The van der Waals surface area contributed by atoms with Gasteiger partial charge in [0.05, 0.1) is 6.04 Å². The molecule has 39 heavy (non-hydrogen) atoms. The highest BCUT2D eigenvalue weighted by Gasteiger charge is 2.31. The van der Waals surface area contributed by atoms with Crippen LogP contribution in [-0.4, -0.2) is 58.1 Å². The second-order valence-corrected chi connectivity index (χ2v) is 10.5. The minimum Gasteiger partial charge on any atom is -0.508 e. The molecule has 3 amide bonds. The van der Waals surface area contributed by atoms with Crippen molar-refractivity contribution in [2.45, 2.75) is 71.1 Å². The molecule has 10 heteroatoms. The fraction of sp³-hybridized carbons (Fsp3) is 0.448. The van der Waals surface area contributed by atoms with E-state index in [2.05, 4.69) is 16.0 Å². The number of aliphatic carboxylic acids is 1. The maximum absolute atomic E-state index is 13.4. The predicted octanol–water partition coefficient (Wildman–Crippen LogP) is 1.75. The Morgan fingerprint density at radius 3 is 1.74 bits per heavy atom. The Morgan fingerprint density at radius 1 is 0.718 bits per heavy atom. The molecule has 0 fully saturated rings. The maximum Gasteiger partial charge on any atom is 0.326 e. The van der Waals surface area contributed by atoms with E-state index in [4.69, 9.17) is 5.73 Å². The van der Waals surface area contributed by atoms with Crippen molar-refractivity contribution in [2.75, 3.05) is 0 Å². The van der Waals surface area contributed by atoms with Gasteiger partial charge in [-0.15, -0.1) is 0 Å². The van der Waals surface area contributed by atoms with Crippen LogP contribution in [0.25, 0.3) is 0 Å². The van der Waals surface area contributed by atoms with Crippen LogP contribution in [0.2, 0.25) is 0 Å². The second kappa shape index (κ2) is 14.9. The van der Waals surface area contributed by atoms with E-state index in [1.54, 1.807) is 50.2 Å². The number of benzene rings is 2. The number of carboxylic acid groups (broad SMARTS) is 1. The van der Waals surface area contributed by atoms with Crippen LogP contribution in [0, 0.1) is 11.8 Å². The molecule has 0 saturated heterocycles. The van der Waals surface area contributed by atoms with Crippen LogP contribution in [0.1, 0.15) is 45.2 Å². The number of phenols is 1. The molecule has 2 aromatic carbocycles. The van der Waals surface area contributed by atoms with Crippen LogP contribution in [0.3, 0.4) is 0 Å². The minimum atomic E-state index is -1.19. The standard InChI is InChI=1S/C29H40N4O6/c1-17(2)14-22(26(35)33-24(29(38)39)16-19-8-6-5-7-9-19)31-27(36)23(32-28(37)25(30)18(3)4)15-20-10-12-21(34)13-11-20/h5-13,17-18,22-25,34H,14-16,30H2,1-4H3,(H,31,36)(H,32,37)(H,33,35)(H,38,39). The highest BCUT2D eigenvalue weighted by atomic mass is 16.4. The third-order valence-electron chi connectivity index (χ3n) is 6.27. The summed E-state index contributed by atoms with van der Waals surface area (Å²) in [4.78, 5) is 51.3. The van der Waals surface area contributed by atoms with E-state index < -0.39 is 47.9 Å². The Labute approximate surface area is 229 Å². The van der Waals surface area contributed by atoms with Crippen molar-refractivity contribution in [1.82, 2.24) is 16.0 Å². The summed E-state index contributed by atoms with van der Waals surface area (Å²) in [6.07, 6.45) is 0.419. The Kier molecular flexibility index (Phi) is 11.9. The van der Waals surface area contributed by atoms with Gasteiger partial charge in [-0.25, -0.2) is 4.79 Å². The molecule has 2 rings (SSSR count). The number of rotatable bonds is 14. The molecule has 7 N–H and O–H groups in total. The Morgan fingerprint density at radius 2 is 1.21 bits per heavy atom. The summed E-state index contributed by atoms with van der Waals surface area (Å²) >= 11 is 0. The van der Waals surface area contributed by atoms with Gasteiger partial charge in [-0.1, -0.05) is 70.2 Å². The third kappa shape index (κ3) is 10.4. The van der Waals surface area contributed by atoms with Crippen molar-refractivity contribution < 1.29 is 29.4 Å². The molecule has 10 nitrogen and oxygen atoms in total. The van der Waals surface area contributed by atoms with Crippen LogP contribution < -0.4 is 21.7 Å². The molecular formula is C29H40N4O6. The van der Waals surface area contributed by atoms with Gasteiger partial charge in [0, 0.05) is 12.8 Å². The van der Waals surface area contributed by atoms with Gasteiger partial charge in [-0.2, -0.15) is 0 Å². The van der Waals surface area contributed by atoms with Crippen molar-refractivity contribution in [3.63, 3.8) is 0 Å². The van der Waals surface area contributed by atoms with E-state index in [0.717, 1.165) is 5.56 Å². The number of hydrogen-bond acceptors (Lipinski definition) is 6. The molecule has 0 aliphatic heterocycles. The Balaban J connectivity index is 2.24. The van der Waals surface area contributed by atoms with Crippen molar-refractivity contribution in [1.29, 1.82) is 0 Å². The summed E-state index contributed by atoms with van der Waals surface area (Å²) in [6, 6.07) is 11.0. The van der Waals surface area contributed by atoms with Crippen LogP contribution in [0.5, 0.6) is 5.75 Å². The molecule has 2 aromatic rings. The van der Waals surface area contributed by atoms with Gasteiger partial charge in [0.2, 0.25) is 17.7 Å². The van der Waals surface area contributed by atoms with E-state index in [9.17, 15) is 29.4 Å². The zero-order valence-corrected chi connectivity index (χ0v) is 22.9. The lowest BCUT2D eigenvalue weighted by atomic mass is 9.99. The summed E-state index contributed by atoms with van der Waals surface area (Å²) in [5.74, 6) is -3.05. The summed E-state index contributed by atoms with van der Waals surface area (Å²) in [5, 5.41) is 27.3. The minimum absolute atomic E-state index is 0.00189. The van der Waals surface area contributed by atoms with Gasteiger partial charge in [-0.05, 0) is 41.5 Å². The fourth-order valence-corrected chi connectivity index (χ4v) is 3.95. The monoisotopic (exact) mass is 540 g/mol. The van der Waals surface area contributed by atoms with Gasteiger partial charge >= 0.3 is 5.97 Å². The molecule has 4 unspecified atom stereocenters. The fourth-order valence-electron chi connectivity index (χ4n) is 3.95. The van der Waals surface area contributed by atoms with E-state index in [-0.39, 0.29) is 36.8 Å². The second-order valence-electron chi connectivity index (χ2n) is 10.5. The molecule has 0 spiro atoms. The smallest absolute Gasteiger partial charge is 0.326 e. The van der Waals surface area contributed by atoms with Crippen molar-refractivity contribution in [3.05, 3.63) is 65.7 Å². The van der Waals surface area contributed by atoms with E-state index in [1.165, 1.54) is 12.1 Å². The van der Waals surface area contributed by atoms with Gasteiger partial charge in [0.15, 0.2) is 0 Å². The molecule has 0 aromatic heterocycles. The third-order valence-corrected chi connectivity index (χ3v) is 6.27. The quantitative estimate of drug-likeness (QED) is 0.212. The molecule has 0 saturated carbocycles. The zero-order chi connectivity index (χ0) is 29.1. The number of hydrogen-bond donors (Lipinski definition) is 6. The first-order valence-corrected chi connectivity index (χ1v) is 13.1. The Bertz CT molecular complexity index is 1100. The molecule has 212 valence electrons. The topological polar surface area (TPSA) is 171 Å². The number of nitrogens with two attached hydrogens (primary N) is 1. The largest absolute Gasteiger partial charge is 0.508 e. The molecule has 0 radical (unpaired) electrons. The molecule has 0 aliphatic carbocycles. The van der Waals surface area contributed by atoms with Gasteiger partial charge in [-0.3, -0.25) is 14.4 Å². The van der Waals surface area contributed by atoms with E-state index in [0.29, 0.717) is 5.56 Å². The van der Waals surface area contributed by atoms with E-state index >= 15 is 0 Å². The normalized spacial score (nSPS) is 14.2. The average molecular weight is 541 g/mol. The Hall–Kier alpha value is -3.92. The lowest BCUT2D eigenvalue weighted by Gasteiger charge is -2.26. The van der Waals surface area contributed by atoms with Crippen LogP contribution in [-0.2, 0) is 32.0 Å². The average Bonchev–Trinajstić information content (AvgIpc) is 2.88. The maximum atomic E-state index is 13.4. The molecule has 0 bridgehead atoms.